The van der Waals surface area contributed by atoms with Crippen molar-refractivity contribution in [2.75, 3.05) is 32.0 Å². The van der Waals surface area contributed by atoms with Crippen LogP contribution in [0.3, 0.4) is 0 Å². The number of ether oxygens (including phenoxy) is 3. The quantitative estimate of drug-likeness (QED) is 0.0734. The van der Waals surface area contributed by atoms with E-state index in [0.29, 0.717) is 80.7 Å². The van der Waals surface area contributed by atoms with E-state index in [0.717, 1.165) is 25.7 Å². The SMILES string of the molecule is COc1c(O)c2c(=O)cc(OC)c3c4c(OC)cc(=O)c5c(NC6CCCCC6C(=O)O)c(NC6CCCCC6C(=O)O)c6c(c(c1C(C(C)=O)C(C)=C6)c23)c54. The zero-order chi connectivity index (χ0) is 39.9. The fourth-order valence-electron chi connectivity index (χ4n) is 10.2. The molecule has 3 aliphatic rings. The molecular formula is C43H44N2O11. The third-order valence-corrected chi connectivity index (χ3v) is 12.5. The molecular weight excluding hydrogens is 720 g/mol. The van der Waals surface area contributed by atoms with Crippen LogP contribution in [0.25, 0.3) is 49.2 Å². The van der Waals surface area contributed by atoms with Crippen LogP contribution in [0, 0.1) is 11.8 Å². The second-order valence-corrected chi connectivity index (χ2v) is 15.5. The van der Waals surface area contributed by atoms with E-state index in [4.69, 9.17) is 14.2 Å². The molecule has 8 rings (SSSR count). The van der Waals surface area contributed by atoms with Crippen LogP contribution < -0.4 is 35.7 Å². The highest BCUT2D eigenvalue weighted by Gasteiger charge is 2.40. The van der Waals surface area contributed by atoms with Gasteiger partial charge >= 0.3 is 11.9 Å². The highest BCUT2D eigenvalue weighted by Crippen LogP contribution is 2.58. The number of aromatic hydroxyl groups is 1. The standard InChI is InChI=1S/C43H44N2O11/c1-17-14-21-29-34-30(39(45-23-13-9-7-11-20(23)43(52)53)38(21)44-22-12-8-6-10-19(22)42(50)51)24(47)15-26(54-3)32(34)33-27(55-4)16-25(48)31-36(33)35(29)37(28(17)18(2)46)41(56-5)40(31)49/h14-16,19-20,22-23,28,44-45,49H,6-13H2,1-5H3,(H,50,51)(H,52,53). The number of phenolic OH excluding ortho intramolecular Hbond substituents is 1. The van der Waals surface area contributed by atoms with Crippen LogP contribution in [0.1, 0.15) is 82.3 Å². The van der Waals surface area contributed by atoms with Crippen molar-refractivity contribution in [3.8, 4) is 23.0 Å². The molecule has 3 aliphatic carbocycles. The number of aliphatic carboxylic acids is 2. The van der Waals surface area contributed by atoms with Crippen LogP contribution in [0.5, 0.6) is 23.0 Å². The molecule has 13 heteroatoms. The molecule has 2 saturated carbocycles. The second kappa shape index (κ2) is 13.7. The number of ketones is 1. The molecule has 5 unspecified atom stereocenters. The van der Waals surface area contributed by atoms with E-state index in [1.165, 1.54) is 40.4 Å². The second-order valence-electron chi connectivity index (χ2n) is 15.5. The Morgan fingerprint density at radius 3 is 1.66 bits per heavy atom. The molecule has 0 amide bonds. The lowest BCUT2D eigenvalue weighted by molar-refractivity contribution is -0.144. The van der Waals surface area contributed by atoms with Gasteiger partial charge in [-0.25, -0.2) is 0 Å². The van der Waals surface area contributed by atoms with Gasteiger partial charge in [-0.3, -0.25) is 24.0 Å². The van der Waals surface area contributed by atoms with Crippen molar-refractivity contribution in [2.24, 2.45) is 11.8 Å². The van der Waals surface area contributed by atoms with Crippen molar-refractivity contribution in [1.29, 1.82) is 0 Å². The summed E-state index contributed by atoms with van der Waals surface area (Å²) in [5, 5.41) is 42.3. The van der Waals surface area contributed by atoms with Crippen molar-refractivity contribution >= 4 is 78.3 Å². The lowest BCUT2D eigenvalue weighted by Gasteiger charge is -2.35. The highest BCUT2D eigenvalue weighted by molar-refractivity contribution is 6.40. The third kappa shape index (κ3) is 5.30. The van der Waals surface area contributed by atoms with Crippen LogP contribution in [-0.2, 0) is 14.4 Å². The number of benzene rings is 5. The topological polar surface area (TPSA) is 198 Å². The van der Waals surface area contributed by atoms with Gasteiger partial charge in [-0.05, 0) is 44.9 Å². The number of hydrogen-bond donors (Lipinski definition) is 5. The minimum absolute atomic E-state index is 0.0650. The molecule has 5 N–H and O–H groups in total. The first kappa shape index (κ1) is 37.1. The predicted octanol–water partition coefficient (Wildman–Crippen LogP) is 6.83. The van der Waals surface area contributed by atoms with Gasteiger partial charge in [-0.2, -0.15) is 0 Å². The van der Waals surface area contributed by atoms with E-state index in [1.807, 2.05) is 6.08 Å². The minimum Gasteiger partial charge on any atom is -0.504 e. The van der Waals surface area contributed by atoms with Crippen molar-refractivity contribution in [3.05, 3.63) is 49.3 Å². The molecule has 56 heavy (non-hydrogen) atoms. The minimum atomic E-state index is -0.980. The maximum absolute atomic E-state index is 14.8. The van der Waals surface area contributed by atoms with Crippen LogP contribution >= 0.6 is 0 Å². The molecule has 13 nitrogen and oxygen atoms in total. The monoisotopic (exact) mass is 764 g/mol. The number of carboxylic acid groups (broad SMARTS) is 2. The van der Waals surface area contributed by atoms with E-state index >= 15 is 0 Å². The van der Waals surface area contributed by atoms with E-state index in [9.17, 15) is 39.3 Å². The number of phenols is 1. The molecule has 0 radical (unpaired) electrons. The Balaban J connectivity index is 1.68. The number of anilines is 2. The summed E-state index contributed by atoms with van der Waals surface area (Å²) in [5.41, 5.74) is 1.06. The number of nitrogens with one attached hydrogen (secondary N) is 2. The summed E-state index contributed by atoms with van der Waals surface area (Å²) < 4.78 is 17.7. The molecule has 5 aromatic carbocycles. The lowest BCUT2D eigenvalue weighted by atomic mass is 9.80. The molecule has 0 aliphatic heterocycles. The summed E-state index contributed by atoms with van der Waals surface area (Å²) in [6.45, 7) is 3.21. The van der Waals surface area contributed by atoms with E-state index in [1.54, 1.807) is 6.92 Å². The van der Waals surface area contributed by atoms with E-state index < -0.39 is 58.4 Å². The Morgan fingerprint density at radius 1 is 0.661 bits per heavy atom. The maximum Gasteiger partial charge on any atom is 0.308 e. The number of hydrogen-bond acceptors (Lipinski definition) is 11. The first-order valence-electron chi connectivity index (χ1n) is 19.1. The molecule has 5 atom stereocenters. The average Bonchev–Trinajstić information content (AvgIpc) is 3.30. The van der Waals surface area contributed by atoms with Crippen LogP contribution in [0.15, 0.2) is 27.3 Å². The number of rotatable bonds is 10. The molecule has 5 aromatic rings. The number of fused-ring (bicyclic) bond motifs is 1. The molecule has 0 spiro atoms. The summed E-state index contributed by atoms with van der Waals surface area (Å²) in [4.78, 5) is 68.1. The Kier molecular flexibility index (Phi) is 9.08. The van der Waals surface area contributed by atoms with Gasteiger partial charge in [0.1, 0.15) is 17.3 Å². The van der Waals surface area contributed by atoms with Gasteiger partial charge in [0.25, 0.3) is 0 Å². The summed E-state index contributed by atoms with van der Waals surface area (Å²) in [6, 6.07) is 1.45. The Labute approximate surface area is 320 Å². The van der Waals surface area contributed by atoms with Gasteiger partial charge in [-0.15, -0.1) is 0 Å². The summed E-state index contributed by atoms with van der Waals surface area (Å²) in [7, 11) is 4.19. The summed E-state index contributed by atoms with van der Waals surface area (Å²) >= 11 is 0. The number of carbonyl (C=O) groups excluding carboxylic acids is 1. The number of methoxy groups -OCH3 is 3. The van der Waals surface area contributed by atoms with Crippen LogP contribution in [0.2, 0.25) is 0 Å². The van der Waals surface area contributed by atoms with Crippen molar-refractivity contribution < 1.29 is 43.9 Å². The van der Waals surface area contributed by atoms with Gasteiger partial charge in [0, 0.05) is 62.3 Å². The smallest absolute Gasteiger partial charge is 0.308 e. The number of allylic oxidation sites excluding steroid dienone is 1. The Bertz CT molecular complexity index is 2650. The largest absolute Gasteiger partial charge is 0.504 e. The van der Waals surface area contributed by atoms with Gasteiger partial charge in [-0.1, -0.05) is 37.3 Å². The third-order valence-electron chi connectivity index (χ3n) is 12.5. The summed E-state index contributed by atoms with van der Waals surface area (Å²) in [6.07, 6.45) is 6.72. The Hall–Kier alpha value is -5.85. The zero-order valence-corrected chi connectivity index (χ0v) is 31.9. The average molecular weight is 765 g/mol. The molecule has 292 valence electrons. The summed E-state index contributed by atoms with van der Waals surface area (Å²) in [5.74, 6) is -4.90. The highest BCUT2D eigenvalue weighted by atomic mass is 16.5. The first-order valence-corrected chi connectivity index (χ1v) is 19.1. The normalized spacial score (nSPS) is 22.3. The maximum atomic E-state index is 14.8. The van der Waals surface area contributed by atoms with Crippen LogP contribution in [-0.4, -0.2) is 66.5 Å². The molecule has 2 fully saturated rings. The van der Waals surface area contributed by atoms with E-state index in [2.05, 4.69) is 10.6 Å². The van der Waals surface area contributed by atoms with Crippen LogP contribution in [0.4, 0.5) is 11.4 Å². The first-order chi connectivity index (χ1) is 26.8. The molecule has 0 aromatic heterocycles. The number of Topliss-reactive ketones (excluding diaryl/α,β-unsaturated/α-hetero) is 1. The van der Waals surface area contributed by atoms with E-state index in [-0.39, 0.29) is 39.2 Å². The molecule has 0 saturated heterocycles. The zero-order valence-electron chi connectivity index (χ0n) is 31.9. The fraction of sp³-hybridized carbons (Fsp3) is 0.419. The number of carbonyl (C=O) groups is 3. The lowest BCUT2D eigenvalue weighted by Crippen LogP contribution is -2.39. The number of carboxylic acids is 2. The van der Waals surface area contributed by atoms with Crippen molar-refractivity contribution in [2.45, 2.75) is 83.2 Å². The molecule has 0 bridgehead atoms. The van der Waals surface area contributed by atoms with Gasteiger partial charge < -0.3 is 40.2 Å². The van der Waals surface area contributed by atoms with Crippen molar-refractivity contribution in [1.82, 2.24) is 0 Å². The van der Waals surface area contributed by atoms with Gasteiger partial charge in [0.2, 0.25) is 0 Å². The van der Waals surface area contributed by atoms with Gasteiger partial charge in [0.15, 0.2) is 22.4 Å². The van der Waals surface area contributed by atoms with Gasteiger partial charge in [0.05, 0.1) is 61.2 Å². The van der Waals surface area contributed by atoms with Crippen molar-refractivity contribution in [3.63, 3.8) is 0 Å². The molecule has 0 heterocycles. The predicted molar refractivity (Wildman–Crippen MR) is 214 cm³/mol. The Morgan fingerprint density at radius 2 is 1.16 bits per heavy atom. The fourth-order valence-corrected chi connectivity index (χ4v) is 10.2.